The third-order valence-corrected chi connectivity index (χ3v) is 5.80. The summed E-state index contributed by atoms with van der Waals surface area (Å²) in [5.74, 6) is -0.0369. The van der Waals surface area contributed by atoms with Gasteiger partial charge in [0.2, 0.25) is 5.91 Å². The Kier molecular flexibility index (Phi) is 3.98. The van der Waals surface area contributed by atoms with Crippen LogP contribution < -0.4 is 10.0 Å². The Bertz CT molecular complexity index is 471. The summed E-state index contributed by atoms with van der Waals surface area (Å²) in [6.07, 6.45) is 3.20. The normalized spacial score (nSPS) is 28.8. The van der Waals surface area contributed by atoms with Crippen molar-refractivity contribution in [3.05, 3.63) is 0 Å². The number of carbonyl (C=O) groups excluding carboxylic acids is 1. The van der Waals surface area contributed by atoms with E-state index in [1.54, 1.807) is 4.90 Å². The average molecular weight is 302 g/mol. The Morgan fingerprint density at radius 3 is 2.45 bits per heavy atom. The number of hydrogen-bond donors (Lipinski definition) is 2. The predicted octanol–water partition coefficient (Wildman–Crippen LogP) is -1.12. The minimum absolute atomic E-state index is 0.0369. The third kappa shape index (κ3) is 2.98. The van der Waals surface area contributed by atoms with Crippen molar-refractivity contribution in [3.8, 4) is 0 Å². The lowest BCUT2D eigenvalue weighted by molar-refractivity contribution is -0.135. The number of carbonyl (C=O) groups is 1. The lowest BCUT2D eigenvalue weighted by atomic mass is 10.2. The van der Waals surface area contributed by atoms with Gasteiger partial charge < -0.3 is 10.2 Å². The first kappa shape index (κ1) is 14.2. The van der Waals surface area contributed by atoms with Crippen LogP contribution in [0.3, 0.4) is 0 Å². The fraction of sp³-hybridized carbons (Fsp3) is 0.917. The Morgan fingerprint density at radius 1 is 1.10 bits per heavy atom. The molecule has 0 bridgehead atoms. The number of nitrogens with one attached hydrogen (secondary N) is 2. The summed E-state index contributed by atoms with van der Waals surface area (Å²) in [6, 6.07) is -0.431. The van der Waals surface area contributed by atoms with Gasteiger partial charge >= 0.3 is 0 Å². The number of rotatable bonds is 4. The summed E-state index contributed by atoms with van der Waals surface area (Å²) < 4.78 is 28.7. The molecule has 2 aliphatic heterocycles. The van der Waals surface area contributed by atoms with E-state index in [0.717, 1.165) is 32.4 Å². The SMILES string of the molecule is O=C(C1CCCN1S(=O)(=O)NC1CC1)N1CCNCC1. The second-order valence-corrected chi connectivity index (χ2v) is 7.40. The first-order valence-electron chi connectivity index (χ1n) is 7.36. The molecule has 20 heavy (non-hydrogen) atoms. The van der Waals surface area contributed by atoms with Crippen molar-refractivity contribution >= 4 is 16.1 Å². The van der Waals surface area contributed by atoms with Crippen LogP contribution in [0.5, 0.6) is 0 Å². The van der Waals surface area contributed by atoms with Crippen molar-refractivity contribution in [1.82, 2.24) is 19.2 Å². The molecule has 3 fully saturated rings. The van der Waals surface area contributed by atoms with Crippen LogP contribution in [-0.2, 0) is 15.0 Å². The molecule has 3 aliphatic rings. The standard InChI is InChI=1S/C12H22N4O3S/c17-12(15-8-5-13-6-9-15)11-2-1-7-16(11)20(18,19)14-10-3-4-10/h10-11,13-14H,1-9H2. The first-order chi connectivity index (χ1) is 9.58. The van der Waals surface area contributed by atoms with Gasteiger partial charge in [-0.3, -0.25) is 4.79 Å². The molecule has 0 aromatic heterocycles. The van der Waals surface area contributed by atoms with Crippen molar-refractivity contribution in [2.24, 2.45) is 0 Å². The molecule has 3 rings (SSSR count). The molecule has 8 heteroatoms. The molecule has 1 unspecified atom stereocenters. The van der Waals surface area contributed by atoms with Gasteiger partial charge in [-0.1, -0.05) is 0 Å². The zero-order chi connectivity index (χ0) is 14.2. The molecule has 7 nitrogen and oxygen atoms in total. The quantitative estimate of drug-likeness (QED) is 0.689. The Labute approximate surface area is 119 Å². The van der Waals surface area contributed by atoms with E-state index in [1.807, 2.05) is 0 Å². The van der Waals surface area contributed by atoms with Crippen LogP contribution in [-0.4, -0.2) is 68.3 Å². The fourth-order valence-corrected chi connectivity index (χ4v) is 4.54. The maximum atomic E-state index is 12.5. The Balaban J connectivity index is 1.69. The topological polar surface area (TPSA) is 81.8 Å². The molecular weight excluding hydrogens is 280 g/mol. The van der Waals surface area contributed by atoms with Crippen LogP contribution in [0.15, 0.2) is 0 Å². The third-order valence-electron chi connectivity index (χ3n) is 4.12. The van der Waals surface area contributed by atoms with Gasteiger partial charge in [0.1, 0.15) is 6.04 Å². The number of piperazine rings is 1. The van der Waals surface area contributed by atoms with Gasteiger partial charge in [0.15, 0.2) is 0 Å². The predicted molar refractivity (Wildman–Crippen MR) is 74.3 cm³/mol. The molecule has 2 heterocycles. The van der Waals surface area contributed by atoms with Crippen LogP contribution >= 0.6 is 0 Å². The molecule has 114 valence electrons. The van der Waals surface area contributed by atoms with E-state index in [4.69, 9.17) is 0 Å². The van der Waals surface area contributed by atoms with Crippen molar-refractivity contribution in [3.63, 3.8) is 0 Å². The maximum absolute atomic E-state index is 12.5. The molecule has 2 N–H and O–H groups in total. The highest BCUT2D eigenvalue weighted by molar-refractivity contribution is 7.87. The zero-order valence-electron chi connectivity index (χ0n) is 11.5. The molecule has 1 atom stereocenters. The summed E-state index contributed by atoms with van der Waals surface area (Å²) in [7, 11) is -3.51. The highest BCUT2D eigenvalue weighted by Crippen LogP contribution is 2.26. The van der Waals surface area contributed by atoms with E-state index in [0.29, 0.717) is 26.1 Å². The molecule has 1 saturated carbocycles. The molecule has 0 aromatic rings. The largest absolute Gasteiger partial charge is 0.339 e. The van der Waals surface area contributed by atoms with E-state index in [2.05, 4.69) is 10.0 Å². The van der Waals surface area contributed by atoms with Crippen LogP contribution in [0.4, 0.5) is 0 Å². The highest BCUT2D eigenvalue weighted by atomic mass is 32.2. The number of amides is 1. The smallest absolute Gasteiger partial charge is 0.280 e. The monoisotopic (exact) mass is 302 g/mol. The summed E-state index contributed by atoms with van der Waals surface area (Å²) in [4.78, 5) is 14.3. The first-order valence-corrected chi connectivity index (χ1v) is 8.80. The van der Waals surface area contributed by atoms with Crippen molar-refractivity contribution in [2.45, 2.75) is 37.8 Å². The number of nitrogens with zero attached hydrogens (tertiary/aromatic N) is 2. The van der Waals surface area contributed by atoms with E-state index in [1.165, 1.54) is 4.31 Å². The molecule has 0 radical (unpaired) electrons. The Hall–Kier alpha value is -0.700. The van der Waals surface area contributed by atoms with Crippen LogP contribution in [0, 0.1) is 0 Å². The van der Waals surface area contributed by atoms with E-state index in [9.17, 15) is 13.2 Å². The Morgan fingerprint density at radius 2 is 1.80 bits per heavy atom. The summed E-state index contributed by atoms with van der Waals surface area (Å²) in [5.41, 5.74) is 0. The minimum Gasteiger partial charge on any atom is -0.339 e. The molecule has 0 spiro atoms. The molecule has 0 aromatic carbocycles. The van der Waals surface area contributed by atoms with Gasteiger partial charge in [0.05, 0.1) is 0 Å². The molecular formula is C12H22N4O3S. The minimum atomic E-state index is -3.51. The van der Waals surface area contributed by atoms with Crippen molar-refractivity contribution in [1.29, 1.82) is 0 Å². The van der Waals surface area contributed by atoms with Gasteiger partial charge in [0, 0.05) is 38.8 Å². The van der Waals surface area contributed by atoms with Crippen LogP contribution in [0.25, 0.3) is 0 Å². The van der Waals surface area contributed by atoms with Gasteiger partial charge in [-0.25, -0.2) is 0 Å². The second kappa shape index (κ2) is 5.59. The number of hydrogen-bond acceptors (Lipinski definition) is 4. The summed E-state index contributed by atoms with van der Waals surface area (Å²) in [6.45, 7) is 3.35. The van der Waals surface area contributed by atoms with Crippen LogP contribution in [0.2, 0.25) is 0 Å². The van der Waals surface area contributed by atoms with Gasteiger partial charge in [-0.05, 0) is 25.7 Å². The average Bonchev–Trinajstić information content (AvgIpc) is 3.09. The maximum Gasteiger partial charge on any atom is 0.280 e. The van der Waals surface area contributed by atoms with Crippen molar-refractivity contribution < 1.29 is 13.2 Å². The fourth-order valence-electron chi connectivity index (χ4n) is 2.85. The van der Waals surface area contributed by atoms with Gasteiger partial charge in [0.25, 0.3) is 10.2 Å². The highest BCUT2D eigenvalue weighted by Gasteiger charge is 2.42. The lowest BCUT2D eigenvalue weighted by Crippen LogP contribution is -2.55. The van der Waals surface area contributed by atoms with E-state index in [-0.39, 0.29) is 11.9 Å². The van der Waals surface area contributed by atoms with Gasteiger partial charge in [-0.15, -0.1) is 0 Å². The lowest BCUT2D eigenvalue weighted by Gasteiger charge is -2.32. The molecule has 1 amide bonds. The summed E-state index contributed by atoms with van der Waals surface area (Å²) in [5, 5.41) is 3.20. The second-order valence-electron chi connectivity index (χ2n) is 5.74. The molecule has 2 saturated heterocycles. The zero-order valence-corrected chi connectivity index (χ0v) is 12.4. The van der Waals surface area contributed by atoms with Crippen molar-refractivity contribution in [2.75, 3.05) is 32.7 Å². The van der Waals surface area contributed by atoms with E-state index < -0.39 is 16.3 Å². The summed E-state index contributed by atoms with van der Waals surface area (Å²) >= 11 is 0. The van der Waals surface area contributed by atoms with Gasteiger partial charge in [-0.2, -0.15) is 17.4 Å². The van der Waals surface area contributed by atoms with E-state index >= 15 is 0 Å². The molecule has 1 aliphatic carbocycles. The van der Waals surface area contributed by atoms with Crippen LogP contribution in [0.1, 0.15) is 25.7 Å².